The summed E-state index contributed by atoms with van der Waals surface area (Å²) in [6, 6.07) is 7.90. The Hall–Kier alpha value is -1.12. The summed E-state index contributed by atoms with van der Waals surface area (Å²) in [5.74, 6) is 0.126. The number of hydrogen-bond donors (Lipinski definition) is 0. The van der Waals surface area contributed by atoms with Crippen LogP contribution in [0.2, 0.25) is 5.02 Å². The van der Waals surface area contributed by atoms with Gasteiger partial charge in [0.2, 0.25) is 5.75 Å². The van der Waals surface area contributed by atoms with Crippen LogP contribution in [-0.2, 0) is 23.5 Å². The molecule has 5 nitrogen and oxygen atoms in total. The molecule has 0 saturated heterocycles. The van der Waals surface area contributed by atoms with Gasteiger partial charge < -0.3 is 9.47 Å². The Morgan fingerprint density at radius 3 is 2.32 bits per heavy atom. The molecule has 0 unspecified atom stereocenters. The maximum atomic E-state index is 12.5. The van der Waals surface area contributed by atoms with Crippen molar-refractivity contribution in [2.45, 2.75) is 39.5 Å². The van der Waals surface area contributed by atoms with Crippen LogP contribution in [0.3, 0.4) is 0 Å². The molecule has 2 aromatic rings. The largest absolute Gasteiger partial charge is 0.482 e. The van der Waals surface area contributed by atoms with Crippen LogP contribution in [0, 0.1) is 0 Å². The zero-order chi connectivity index (χ0) is 18.4. The van der Waals surface area contributed by atoms with Crippen molar-refractivity contribution in [3.05, 3.63) is 57.0 Å². The third-order valence-electron chi connectivity index (χ3n) is 3.42. The summed E-state index contributed by atoms with van der Waals surface area (Å²) in [6.07, 6.45) is 1.44. The minimum atomic E-state index is -0.445. The Balaban J connectivity index is 2.07. The molecular weight excluding hydrogens is 455 g/mol. The van der Waals surface area contributed by atoms with Gasteiger partial charge in [-0.05, 0) is 31.9 Å². The van der Waals surface area contributed by atoms with Crippen LogP contribution in [0.5, 0.6) is 5.75 Å². The van der Waals surface area contributed by atoms with E-state index in [9.17, 15) is 4.79 Å². The monoisotopic (exact) mass is 476 g/mol. The third kappa shape index (κ3) is 5.69. The van der Waals surface area contributed by atoms with E-state index in [2.05, 4.69) is 27.7 Å². The minimum absolute atomic E-state index is 0.126. The van der Waals surface area contributed by atoms with E-state index in [0.29, 0.717) is 6.61 Å². The lowest BCUT2D eigenvalue weighted by Crippen LogP contribution is -2.36. The summed E-state index contributed by atoms with van der Waals surface area (Å²) in [7, 11) is 0. The second-order valence-electron chi connectivity index (χ2n) is 6.56. The third-order valence-corrected chi connectivity index (χ3v) is 4.13. The number of alkyl halides is 1. The van der Waals surface area contributed by atoms with Crippen LogP contribution in [0.15, 0.2) is 35.3 Å². The molecular formula is C18H22ClIN2O3. The van der Waals surface area contributed by atoms with Crippen LogP contribution in [-0.4, -0.2) is 20.8 Å². The Labute approximate surface area is 166 Å². The van der Waals surface area contributed by atoms with Crippen molar-refractivity contribution in [3.63, 3.8) is 0 Å². The summed E-state index contributed by atoms with van der Waals surface area (Å²) in [6.45, 7) is 7.30. The van der Waals surface area contributed by atoms with Crippen LogP contribution in [0.4, 0.5) is 0 Å². The smallest absolute Gasteiger partial charge is 0.311 e. The van der Waals surface area contributed by atoms with E-state index < -0.39 is 5.54 Å². The quantitative estimate of drug-likeness (QED) is 0.342. The van der Waals surface area contributed by atoms with E-state index in [-0.39, 0.29) is 22.9 Å². The maximum absolute atomic E-state index is 12.5. The van der Waals surface area contributed by atoms with Gasteiger partial charge in [-0.3, -0.25) is 4.79 Å². The molecule has 0 N–H and O–H groups in total. The van der Waals surface area contributed by atoms with Gasteiger partial charge in [0.15, 0.2) is 0 Å². The van der Waals surface area contributed by atoms with Crippen molar-refractivity contribution in [1.29, 1.82) is 0 Å². The van der Waals surface area contributed by atoms with Crippen molar-refractivity contribution in [2.75, 3.05) is 11.0 Å². The van der Waals surface area contributed by atoms with Crippen molar-refractivity contribution in [3.8, 4) is 5.75 Å². The lowest BCUT2D eigenvalue weighted by atomic mass is 10.1. The van der Waals surface area contributed by atoms with Gasteiger partial charge >= 0.3 is 5.56 Å². The van der Waals surface area contributed by atoms with E-state index in [4.69, 9.17) is 21.1 Å². The summed E-state index contributed by atoms with van der Waals surface area (Å²) in [4.78, 5) is 12.5. The first kappa shape index (κ1) is 20.2. The van der Waals surface area contributed by atoms with Crippen molar-refractivity contribution < 1.29 is 9.47 Å². The SMILES string of the molecule is CC(C)(C)n1ncc(Cl)c(OCc2ccc(COCCI)cc2)c1=O. The summed E-state index contributed by atoms with van der Waals surface area (Å²) >= 11 is 8.38. The molecule has 1 aromatic carbocycles. The Morgan fingerprint density at radius 2 is 1.76 bits per heavy atom. The molecule has 0 aliphatic carbocycles. The number of rotatable bonds is 7. The molecule has 0 aliphatic heterocycles. The fourth-order valence-corrected chi connectivity index (χ4v) is 2.65. The molecule has 2 rings (SSSR count). The fourth-order valence-electron chi connectivity index (χ4n) is 2.16. The van der Waals surface area contributed by atoms with Gasteiger partial charge in [-0.1, -0.05) is 58.5 Å². The van der Waals surface area contributed by atoms with Crippen LogP contribution >= 0.6 is 34.2 Å². The van der Waals surface area contributed by atoms with E-state index in [1.165, 1.54) is 10.9 Å². The molecule has 1 heterocycles. The number of benzene rings is 1. The second-order valence-corrected chi connectivity index (χ2v) is 8.04. The number of nitrogens with zero attached hydrogens (tertiary/aromatic N) is 2. The zero-order valence-electron chi connectivity index (χ0n) is 14.6. The molecule has 25 heavy (non-hydrogen) atoms. The molecule has 7 heteroatoms. The second kappa shape index (κ2) is 9.00. The summed E-state index contributed by atoms with van der Waals surface area (Å²) in [5, 5.41) is 4.31. The van der Waals surface area contributed by atoms with Crippen LogP contribution in [0.1, 0.15) is 31.9 Å². The van der Waals surface area contributed by atoms with Gasteiger partial charge in [-0.2, -0.15) is 5.10 Å². The molecule has 1 aromatic heterocycles. The van der Waals surface area contributed by atoms with Gasteiger partial charge in [0, 0.05) is 4.43 Å². The Bertz CT molecular complexity index is 754. The normalized spacial score (nSPS) is 11.6. The van der Waals surface area contributed by atoms with E-state index in [1.807, 2.05) is 45.0 Å². The molecule has 0 fully saturated rings. The van der Waals surface area contributed by atoms with Gasteiger partial charge in [0.1, 0.15) is 11.6 Å². The van der Waals surface area contributed by atoms with Crippen molar-refractivity contribution in [2.24, 2.45) is 0 Å². The summed E-state index contributed by atoms with van der Waals surface area (Å²) in [5.41, 5.74) is 1.28. The standard InChI is InChI=1S/C18H22ClIN2O3/c1-18(2,3)22-17(23)16(15(19)10-21-22)25-12-14-6-4-13(5-7-14)11-24-9-8-20/h4-7,10H,8-9,11-12H2,1-3H3. The average molecular weight is 477 g/mol. The van der Waals surface area contributed by atoms with Gasteiger partial charge in [-0.25, -0.2) is 4.68 Å². The van der Waals surface area contributed by atoms with Crippen molar-refractivity contribution >= 4 is 34.2 Å². The first-order chi connectivity index (χ1) is 11.8. The highest BCUT2D eigenvalue weighted by Crippen LogP contribution is 2.21. The highest BCUT2D eigenvalue weighted by molar-refractivity contribution is 14.1. The molecule has 0 saturated carbocycles. The summed E-state index contributed by atoms with van der Waals surface area (Å²) < 4.78 is 13.5. The van der Waals surface area contributed by atoms with Gasteiger partial charge in [-0.15, -0.1) is 0 Å². The van der Waals surface area contributed by atoms with Crippen LogP contribution in [0.25, 0.3) is 0 Å². The number of halogens is 2. The Kier molecular flexibility index (Phi) is 7.27. The highest BCUT2D eigenvalue weighted by Gasteiger charge is 2.20. The number of hydrogen-bond acceptors (Lipinski definition) is 4. The molecule has 136 valence electrons. The lowest BCUT2D eigenvalue weighted by molar-refractivity contribution is 0.138. The molecule has 0 aliphatic rings. The van der Waals surface area contributed by atoms with E-state index in [0.717, 1.165) is 22.2 Å². The molecule has 0 atom stereocenters. The number of ether oxygens (including phenoxy) is 2. The molecule has 0 bridgehead atoms. The van der Waals surface area contributed by atoms with Crippen molar-refractivity contribution in [1.82, 2.24) is 9.78 Å². The first-order valence-electron chi connectivity index (χ1n) is 7.95. The molecule has 0 spiro atoms. The average Bonchev–Trinajstić information content (AvgIpc) is 2.55. The number of aromatic nitrogens is 2. The van der Waals surface area contributed by atoms with Crippen LogP contribution < -0.4 is 10.3 Å². The van der Waals surface area contributed by atoms with Gasteiger partial charge in [0.05, 0.1) is 24.9 Å². The predicted octanol–water partition coefficient (Wildman–Crippen LogP) is 4.18. The zero-order valence-corrected chi connectivity index (χ0v) is 17.5. The maximum Gasteiger partial charge on any atom is 0.311 e. The Morgan fingerprint density at radius 1 is 1.16 bits per heavy atom. The van der Waals surface area contributed by atoms with Gasteiger partial charge in [0.25, 0.3) is 0 Å². The highest BCUT2D eigenvalue weighted by atomic mass is 127. The predicted molar refractivity (Wildman–Crippen MR) is 108 cm³/mol. The minimum Gasteiger partial charge on any atom is -0.482 e. The molecule has 0 amide bonds. The van der Waals surface area contributed by atoms with E-state index >= 15 is 0 Å². The molecule has 0 radical (unpaired) electrons. The first-order valence-corrected chi connectivity index (χ1v) is 9.86. The topological polar surface area (TPSA) is 53.4 Å². The lowest BCUT2D eigenvalue weighted by Gasteiger charge is -2.21. The van der Waals surface area contributed by atoms with E-state index in [1.54, 1.807) is 0 Å². The fraction of sp³-hybridized carbons (Fsp3) is 0.444.